The van der Waals surface area contributed by atoms with Gasteiger partial charge >= 0.3 is 5.97 Å². The van der Waals surface area contributed by atoms with Crippen molar-refractivity contribution < 1.29 is 9.53 Å². The van der Waals surface area contributed by atoms with Crippen LogP contribution in [0.2, 0.25) is 0 Å². The summed E-state index contributed by atoms with van der Waals surface area (Å²) in [7, 11) is 4.08. The molecule has 6 nitrogen and oxygen atoms in total. The number of guanidine groups is 1. The molecule has 1 fully saturated rings. The van der Waals surface area contributed by atoms with Gasteiger partial charge in [0.2, 0.25) is 0 Å². The van der Waals surface area contributed by atoms with E-state index in [-0.39, 0.29) is 35.9 Å². The van der Waals surface area contributed by atoms with Crippen LogP contribution in [0.5, 0.6) is 0 Å². The maximum atomic E-state index is 11.9. The first-order chi connectivity index (χ1) is 12.5. The lowest BCUT2D eigenvalue weighted by molar-refractivity contribution is -0.149. The van der Waals surface area contributed by atoms with Gasteiger partial charge in [0.25, 0.3) is 0 Å². The van der Waals surface area contributed by atoms with Crippen LogP contribution in [-0.4, -0.2) is 57.2 Å². The maximum absolute atomic E-state index is 11.9. The van der Waals surface area contributed by atoms with Crippen LogP contribution in [0.3, 0.4) is 0 Å². The predicted octanol–water partition coefficient (Wildman–Crippen LogP) is 3.11. The number of piperidine rings is 1. The zero-order valence-corrected chi connectivity index (χ0v) is 19.2. The van der Waals surface area contributed by atoms with E-state index in [0.29, 0.717) is 13.2 Å². The number of nitrogens with zero attached hydrogens (tertiary/aromatic N) is 3. The number of aliphatic imine (C=N–C) groups is 1. The molecule has 0 bridgehead atoms. The SMILES string of the molecule is CCNC(=NCc1ccc(N(C)C)cc1)N1CCC(C(=O)OCC)CC1.I. The van der Waals surface area contributed by atoms with Gasteiger partial charge in [-0.05, 0) is 44.4 Å². The van der Waals surface area contributed by atoms with Gasteiger partial charge in [-0.15, -0.1) is 24.0 Å². The van der Waals surface area contributed by atoms with Crippen LogP contribution < -0.4 is 10.2 Å². The molecular weight excluding hydrogens is 455 g/mol. The Bertz CT molecular complexity index is 597. The van der Waals surface area contributed by atoms with Crippen molar-refractivity contribution in [2.45, 2.75) is 33.2 Å². The highest BCUT2D eigenvalue weighted by atomic mass is 127. The molecule has 0 unspecified atom stereocenters. The predicted molar refractivity (Wildman–Crippen MR) is 122 cm³/mol. The van der Waals surface area contributed by atoms with E-state index in [1.165, 1.54) is 11.3 Å². The third-order valence-electron chi connectivity index (χ3n) is 4.61. The van der Waals surface area contributed by atoms with Crippen molar-refractivity contribution in [3.63, 3.8) is 0 Å². The van der Waals surface area contributed by atoms with Crippen molar-refractivity contribution in [1.29, 1.82) is 0 Å². The van der Waals surface area contributed by atoms with Crippen LogP contribution in [-0.2, 0) is 16.1 Å². The van der Waals surface area contributed by atoms with Crippen molar-refractivity contribution in [2.75, 3.05) is 45.2 Å². The lowest BCUT2D eigenvalue weighted by Crippen LogP contribution is -2.46. The summed E-state index contributed by atoms with van der Waals surface area (Å²) < 4.78 is 5.15. The molecule has 1 aliphatic heterocycles. The smallest absolute Gasteiger partial charge is 0.309 e. The molecule has 0 radical (unpaired) electrons. The fourth-order valence-corrected chi connectivity index (χ4v) is 3.08. The minimum Gasteiger partial charge on any atom is -0.466 e. The van der Waals surface area contributed by atoms with Crippen molar-refractivity contribution in [2.24, 2.45) is 10.9 Å². The minimum atomic E-state index is -0.0601. The number of likely N-dealkylation sites (tertiary alicyclic amines) is 1. The maximum Gasteiger partial charge on any atom is 0.309 e. The average molecular weight is 488 g/mol. The molecule has 1 aliphatic rings. The minimum absolute atomic E-state index is 0. The number of nitrogens with one attached hydrogen (secondary N) is 1. The standard InChI is InChI=1S/C20H32N4O2.HI/c1-5-21-20(22-15-16-7-9-18(10-8-16)23(3)4)24-13-11-17(12-14-24)19(25)26-6-2;/h7-10,17H,5-6,11-15H2,1-4H3,(H,21,22);1H. The molecule has 27 heavy (non-hydrogen) atoms. The molecule has 152 valence electrons. The van der Waals surface area contributed by atoms with Crippen LogP contribution in [0.4, 0.5) is 5.69 Å². The number of esters is 1. The van der Waals surface area contributed by atoms with Gasteiger partial charge in [0.05, 0.1) is 19.1 Å². The van der Waals surface area contributed by atoms with Gasteiger partial charge in [-0.1, -0.05) is 12.1 Å². The molecule has 7 heteroatoms. The summed E-state index contributed by atoms with van der Waals surface area (Å²) in [6, 6.07) is 8.47. The molecule has 0 amide bonds. The van der Waals surface area contributed by atoms with E-state index in [1.54, 1.807) is 0 Å². The molecule has 1 aromatic carbocycles. The van der Waals surface area contributed by atoms with Crippen molar-refractivity contribution in [1.82, 2.24) is 10.2 Å². The van der Waals surface area contributed by atoms with Gasteiger partial charge in [-0.2, -0.15) is 0 Å². The van der Waals surface area contributed by atoms with E-state index in [1.807, 2.05) is 21.0 Å². The first kappa shape index (κ1) is 23.5. The molecule has 1 aromatic rings. The number of carbonyl (C=O) groups is 1. The second-order valence-corrected chi connectivity index (χ2v) is 6.74. The summed E-state index contributed by atoms with van der Waals surface area (Å²) in [5.74, 6) is 0.884. The first-order valence-electron chi connectivity index (χ1n) is 9.51. The van der Waals surface area contributed by atoms with Gasteiger partial charge in [0.15, 0.2) is 5.96 Å². The number of carbonyl (C=O) groups excluding carboxylic acids is 1. The number of hydrogen-bond acceptors (Lipinski definition) is 4. The second-order valence-electron chi connectivity index (χ2n) is 6.74. The molecule has 1 heterocycles. The highest BCUT2D eigenvalue weighted by Crippen LogP contribution is 2.19. The number of halogens is 1. The normalized spacial score (nSPS) is 15.1. The quantitative estimate of drug-likeness (QED) is 0.289. The third-order valence-corrected chi connectivity index (χ3v) is 4.61. The van der Waals surface area contributed by atoms with Crippen LogP contribution in [0.25, 0.3) is 0 Å². The highest BCUT2D eigenvalue weighted by molar-refractivity contribution is 14.0. The number of hydrogen-bond donors (Lipinski definition) is 1. The molecule has 0 saturated carbocycles. The van der Waals surface area contributed by atoms with E-state index in [0.717, 1.165) is 38.4 Å². The Hall–Kier alpha value is -1.51. The van der Waals surface area contributed by atoms with Crippen molar-refractivity contribution >= 4 is 41.6 Å². The summed E-state index contributed by atoms with van der Waals surface area (Å²) >= 11 is 0. The first-order valence-corrected chi connectivity index (χ1v) is 9.51. The summed E-state index contributed by atoms with van der Waals surface area (Å²) in [5.41, 5.74) is 2.37. The Morgan fingerprint density at radius 1 is 1.22 bits per heavy atom. The number of ether oxygens (including phenoxy) is 1. The summed E-state index contributed by atoms with van der Waals surface area (Å²) in [4.78, 5) is 21.0. The van der Waals surface area contributed by atoms with Crippen LogP contribution in [0.1, 0.15) is 32.3 Å². The zero-order valence-electron chi connectivity index (χ0n) is 16.9. The van der Waals surface area contributed by atoms with Crippen LogP contribution in [0.15, 0.2) is 29.3 Å². The lowest BCUT2D eigenvalue weighted by atomic mass is 9.97. The van der Waals surface area contributed by atoms with E-state index >= 15 is 0 Å². The molecule has 0 atom stereocenters. The van der Waals surface area contributed by atoms with Gasteiger partial charge in [0.1, 0.15) is 0 Å². The zero-order chi connectivity index (χ0) is 18.9. The molecule has 1 N–H and O–H groups in total. The number of anilines is 1. The van der Waals surface area contributed by atoms with E-state index in [2.05, 4.69) is 46.3 Å². The molecule has 0 aromatic heterocycles. The van der Waals surface area contributed by atoms with Crippen LogP contribution in [0, 0.1) is 5.92 Å². The van der Waals surface area contributed by atoms with Gasteiger partial charge in [0, 0.05) is 39.4 Å². The van der Waals surface area contributed by atoms with Crippen molar-refractivity contribution in [3.8, 4) is 0 Å². The summed E-state index contributed by atoms with van der Waals surface area (Å²) in [6.45, 7) is 7.52. The number of benzene rings is 1. The van der Waals surface area contributed by atoms with E-state index < -0.39 is 0 Å². The number of rotatable bonds is 6. The Labute approximate surface area is 180 Å². The third kappa shape index (κ3) is 7.20. The molecule has 0 spiro atoms. The Balaban J connectivity index is 0.00000364. The van der Waals surface area contributed by atoms with Crippen molar-refractivity contribution in [3.05, 3.63) is 29.8 Å². The van der Waals surface area contributed by atoms with Gasteiger partial charge in [-0.3, -0.25) is 4.79 Å². The second kappa shape index (κ2) is 12.0. The van der Waals surface area contributed by atoms with E-state index in [9.17, 15) is 4.79 Å². The summed E-state index contributed by atoms with van der Waals surface area (Å²) in [5, 5.41) is 3.37. The largest absolute Gasteiger partial charge is 0.466 e. The Morgan fingerprint density at radius 3 is 2.37 bits per heavy atom. The van der Waals surface area contributed by atoms with Gasteiger partial charge < -0.3 is 19.9 Å². The topological polar surface area (TPSA) is 57.2 Å². The molecule has 2 rings (SSSR count). The lowest BCUT2D eigenvalue weighted by Gasteiger charge is -2.33. The Kier molecular flexibility index (Phi) is 10.5. The molecule has 1 saturated heterocycles. The summed E-state index contributed by atoms with van der Waals surface area (Å²) in [6.07, 6.45) is 1.64. The fraction of sp³-hybridized carbons (Fsp3) is 0.600. The Morgan fingerprint density at radius 2 is 1.85 bits per heavy atom. The monoisotopic (exact) mass is 488 g/mol. The van der Waals surface area contributed by atoms with Crippen LogP contribution >= 0.6 is 24.0 Å². The van der Waals surface area contributed by atoms with Gasteiger partial charge in [-0.25, -0.2) is 4.99 Å². The molecular formula is C20H33IN4O2. The average Bonchev–Trinajstić information content (AvgIpc) is 2.66. The molecule has 0 aliphatic carbocycles. The highest BCUT2D eigenvalue weighted by Gasteiger charge is 2.27. The van der Waals surface area contributed by atoms with E-state index in [4.69, 9.17) is 9.73 Å². The fourth-order valence-electron chi connectivity index (χ4n) is 3.08.